The Balaban J connectivity index is 2.56. The van der Waals surface area contributed by atoms with Crippen LogP contribution in [-0.2, 0) is 11.2 Å². The van der Waals surface area contributed by atoms with Crippen LogP contribution >= 0.6 is 0 Å². The van der Waals surface area contributed by atoms with Crippen LogP contribution in [0.5, 0.6) is 0 Å². The summed E-state index contributed by atoms with van der Waals surface area (Å²) in [7, 11) is 0. The largest absolute Gasteiger partial charge is 0.444 e. The van der Waals surface area contributed by atoms with Gasteiger partial charge >= 0.3 is 6.09 Å². The molecule has 0 aliphatic heterocycles. The molecule has 4 N–H and O–H groups in total. The molecule has 0 aliphatic rings. The van der Waals surface area contributed by atoms with E-state index in [0.29, 0.717) is 12.1 Å². The molecule has 5 heteroatoms. The van der Waals surface area contributed by atoms with E-state index in [4.69, 9.17) is 15.6 Å². The monoisotopic (exact) mass is 252 g/mol. The zero-order valence-corrected chi connectivity index (χ0v) is 10.9. The second kappa shape index (κ2) is 5.84. The van der Waals surface area contributed by atoms with Crippen molar-refractivity contribution in [2.24, 2.45) is 5.73 Å². The van der Waals surface area contributed by atoms with E-state index in [1.54, 1.807) is 45.0 Å². The van der Waals surface area contributed by atoms with E-state index in [0.717, 1.165) is 5.56 Å². The first-order chi connectivity index (χ1) is 8.26. The maximum Gasteiger partial charge on any atom is 0.412 e. The maximum atomic E-state index is 11.5. The summed E-state index contributed by atoms with van der Waals surface area (Å²) in [6.45, 7) is 5.41. The number of nitrogens with one attached hydrogen (secondary N) is 1. The molecule has 1 atom stereocenters. The first-order valence-electron chi connectivity index (χ1n) is 5.79. The summed E-state index contributed by atoms with van der Waals surface area (Å²) in [5, 5.41) is 11.7. The van der Waals surface area contributed by atoms with Gasteiger partial charge in [0.1, 0.15) is 11.8 Å². The predicted octanol–water partition coefficient (Wildman–Crippen LogP) is 1.85. The fourth-order valence-electron chi connectivity index (χ4n) is 1.39. The van der Waals surface area contributed by atoms with Crippen molar-refractivity contribution in [3.8, 4) is 0 Å². The van der Waals surface area contributed by atoms with Gasteiger partial charge in [0.25, 0.3) is 0 Å². The summed E-state index contributed by atoms with van der Waals surface area (Å²) in [6, 6.07) is 7.06. The number of rotatable bonds is 3. The lowest BCUT2D eigenvalue weighted by Gasteiger charge is -2.19. The van der Waals surface area contributed by atoms with E-state index in [9.17, 15) is 4.79 Å². The van der Waals surface area contributed by atoms with Crippen molar-refractivity contribution in [2.45, 2.75) is 39.0 Å². The molecular formula is C13H20N2O3. The Hall–Kier alpha value is -1.59. The van der Waals surface area contributed by atoms with Gasteiger partial charge in [0.05, 0.1) is 0 Å². The number of carbonyl (C=O) groups is 1. The van der Waals surface area contributed by atoms with Crippen LogP contribution in [0.15, 0.2) is 24.3 Å². The molecule has 0 spiro atoms. The van der Waals surface area contributed by atoms with Gasteiger partial charge in [0, 0.05) is 12.1 Å². The van der Waals surface area contributed by atoms with Crippen molar-refractivity contribution < 1.29 is 14.6 Å². The fourth-order valence-corrected chi connectivity index (χ4v) is 1.39. The van der Waals surface area contributed by atoms with Gasteiger partial charge in [-0.2, -0.15) is 0 Å². The summed E-state index contributed by atoms with van der Waals surface area (Å²) in [6.07, 6.45) is -0.976. The molecule has 1 rings (SSSR count). The van der Waals surface area contributed by atoms with Crippen molar-refractivity contribution in [1.82, 2.24) is 0 Å². The van der Waals surface area contributed by atoms with E-state index in [2.05, 4.69) is 5.32 Å². The highest BCUT2D eigenvalue weighted by atomic mass is 16.6. The van der Waals surface area contributed by atoms with Crippen LogP contribution in [0.3, 0.4) is 0 Å². The van der Waals surface area contributed by atoms with Crippen LogP contribution in [-0.4, -0.2) is 23.0 Å². The van der Waals surface area contributed by atoms with Gasteiger partial charge < -0.3 is 15.6 Å². The van der Waals surface area contributed by atoms with Gasteiger partial charge in [-0.05, 0) is 38.5 Å². The molecule has 0 bridgehead atoms. The first-order valence-corrected chi connectivity index (χ1v) is 5.79. The molecule has 1 aromatic rings. The molecule has 0 aromatic heterocycles. The number of hydrogen-bond acceptors (Lipinski definition) is 4. The quantitative estimate of drug-likeness (QED) is 0.717. The standard InChI is InChI=1S/C13H20N2O3/c1-13(2,3)18-12(17)15-10-6-4-9(5-7-10)8-11(14)16/h4-7,11,16H,8,14H2,1-3H3,(H,15,17). The Labute approximate surface area is 107 Å². The summed E-state index contributed by atoms with van der Waals surface area (Å²) in [5.74, 6) is 0. The average molecular weight is 252 g/mol. The molecule has 0 saturated heterocycles. The number of aliphatic hydroxyl groups excluding tert-OH is 1. The molecule has 5 nitrogen and oxygen atoms in total. The summed E-state index contributed by atoms with van der Waals surface area (Å²) in [5.41, 5.74) is 6.30. The third-order valence-electron chi connectivity index (χ3n) is 2.04. The summed E-state index contributed by atoms with van der Waals surface area (Å²) in [4.78, 5) is 11.5. The normalized spacial score (nSPS) is 12.9. The number of anilines is 1. The third-order valence-corrected chi connectivity index (χ3v) is 2.04. The fraction of sp³-hybridized carbons (Fsp3) is 0.462. The second-order valence-corrected chi connectivity index (χ2v) is 5.10. The smallest absolute Gasteiger partial charge is 0.412 e. The second-order valence-electron chi connectivity index (χ2n) is 5.10. The van der Waals surface area contributed by atoms with Crippen molar-refractivity contribution in [3.63, 3.8) is 0 Å². The Morgan fingerprint density at radius 1 is 1.39 bits per heavy atom. The molecule has 100 valence electrons. The number of carbonyl (C=O) groups excluding carboxylic acids is 1. The van der Waals surface area contributed by atoms with E-state index in [1.165, 1.54) is 0 Å². The molecule has 1 unspecified atom stereocenters. The van der Waals surface area contributed by atoms with Crippen LogP contribution in [0.4, 0.5) is 10.5 Å². The lowest BCUT2D eigenvalue weighted by molar-refractivity contribution is 0.0636. The zero-order valence-electron chi connectivity index (χ0n) is 10.9. The van der Waals surface area contributed by atoms with Crippen molar-refractivity contribution in [3.05, 3.63) is 29.8 Å². The number of nitrogens with two attached hydrogens (primary N) is 1. The number of ether oxygens (including phenoxy) is 1. The lowest BCUT2D eigenvalue weighted by atomic mass is 10.1. The lowest BCUT2D eigenvalue weighted by Crippen LogP contribution is -2.27. The van der Waals surface area contributed by atoms with Gasteiger partial charge in [0.2, 0.25) is 0 Å². The van der Waals surface area contributed by atoms with Crippen LogP contribution in [0.2, 0.25) is 0 Å². The first kappa shape index (κ1) is 14.5. The number of benzene rings is 1. The maximum absolute atomic E-state index is 11.5. The number of amides is 1. The number of aliphatic hydroxyl groups is 1. The van der Waals surface area contributed by atoms with Crippen molar-refractivity contribution >= 4 is 11.8 Å². The zero-order chi connectivity index (χ0) is 13.8. The molecular weight excluding hydrogens is 232 g/mol. The summed E-state index contributed by atoms with van der Waals surface area (Å²) >= 11 is 0. The van der Waals surface area contributed by atoms with Gasteiger partial charge in [-0.25, -0.2) is 4.79 Å². The molecule has 18 heavy (non-hydrogen) atoms. The van der Waals surface area contributed by atoms with Gasteiger partial charge in [-0.15, -0.1) is 0 Å². The van der Waals surface area contributed by atoms with Crippen molar-refractivity contribution in [1.29, 1.82) is 0 Å². The van der Waals surface area contributed by atoms with E-state index >= 15 is 0 Å². The molecule has 1 aromatic carbocycles. The number of hydrogen-bond donors (Lipinski definition) is 3. The predicted molar refractivity (Wildman–Crippen MR) is 70.2 cm³/mol. The molecule has 1 amide bonds. The van der Waals surface area contributed by atoms with Gasteiger partial charge in [0.15, 0.2) is 0 Å². The Kier molecular flexibility index (Phi) is 4.69. The Morgan fingerprint density at radius 3 is 2.39 bits per heavy atom. The molecule has 0 radical (unpaired) electrons. The molecule has 0 fully saturated rings. The van der Waals surface area contributed by atoms with Crippen LogP contribution in [0.25, 0.3) is 0 Å². The van der Waals surface area contributed by atoms with E-state index in [-0.39, 0.29) is 0 Å². The average Bonchev–Trinajstić information content (AvgIpc) is 2.17. The van der Waals surface area contributed by atoms with Crippen LogP contribution in [0.1, 0.15) is 26.3 Å². The van der Waals surface area contributed by atoms with E-state index in [1.807, 2.05) is 0 Å². The minimum absolute atomic E-state index is 0.382. The third kappa shape index (κ3) is 5.65. The SMILES string of the molecule is CC(C)(C)OC(=O)Nc1ccc(CC(N)O)cc1. The topological polar surface area (TPSA) is 84.6 Å². The minimum atomic E-state index is -0.866. The van der Waals surface area contributed by atoms with E-state index < -0.39 is 17.9 Å². The minimum Gasteiger partial charge on any atom is -0.444 e. The van der Waals surface area contributed by atoms with Crippen LogP contribution in [0, 0.1) is 0 Å². The Morgan fingerprint density at radius 2 is 1.94 bits per heavy atom. The highest BCUT2D eigenvalue weighted by Gasteiger charge is 2.16. The van der Waals surface area contributed by atoms with Gasteiger partial charge in [-0.3, -0.25) is 5.32 Å². The van der Waals surface area contributed by atoms with Crippen LogP contribution < -0.4 is 11.1 Å². The van der Waals surface area contributed by atoms with Gasteiger partial charge in [-0.1, -0.05) is 12.1 Å². The summed E-state index contributed by atoms with van der Waals surface area (Å²) < 4.78 is 5.13. The highest BCUT2D eigenvalue weighted by molar-refractivity contribution is 5.84. The highest BCUT2D eigenvalue weighted by Crippen LogP contribution is 2.13. The molecule has 0 heterocycles. The molecule has 0 saturated carbocycles. The van der Waals surface area contributed by atoms with Crippen molar-refractivity contribution in [2.75, 3.05) is 5.32 Å². The molecule has 0 aliphatic carbocycles. The Bertz CT molecular complexity index is 394.